The number of nitrogens with one attached hydrogen (secondary N) is 2. The van der Waals surface area contributed by atoms with Gasteiger partial charge in [0.05, 0.1) is 5.56 Å². The molecule has 2 aromatic rings. The largest absolute Gasteiger partial charge is 0.478 e. The second kappa shape index (κ2) is 10.7. The molecule has 0 radical (unpaired) electrons. The van der Waals surface area contributed by atoms with Crippen LogP contribution in [-0.4, -0.2) is 38.6 Å². The van der Waals surface area contributed by atoms with Crippen LogP contribution < -0.4 is 10.6 Å². The predicted octanol–water partition coefficient (Wildman–Crippen LogP) is 7.59. The van der Waals surface area contributed by atoms with E-state index in [4.69, 9.17) is 0 Å². The fourth-order valence-corrected chi connectivity index (χ4v) is 12.8. The van der Waals surface area contributed by atoms with Gasteiger partial charge in [0.15, 0.2) is 0 Å². The fourth-order valence-electron chi connectivity index (χ4n) is 12.3. The van der Waals surface area contributed by atoms with Gasteiger partial charge in [-0.3, -0.25) is 14.9 Å². The average molecular weight is 645 g/mol. The Hall–Kier alpha value is -3.07. The molecule has 8 atom stereocenters. The Morgan fingerprint density at radius 1 is 0.848 bits per heavy atom. The number of aromatic nitrogens is 2. The smallest absolute Gasteiger partial charge is 0.335 e. The van der Waals surface area contributed by atoms with Crippen LogP contribution in [0.5, 0.6) is 0 Å². The molecule has 7 unspecified atom stereocenters. The lowest BCUT2D eigenvalue weighted by Crippen LogP contribution is -2.68. The molecule has 4 saturated carbocycles. The Labute approximate surface area is 276 Å². The lowest BCUT2D eigenvalue weighted by atomic mass is 9.33. The zero-order valence-electron chi connectivity index (χ0n) is 27.8. The minimum atomic E-state index is -0.887. The number of hydrogen-bond donors (Lipinski definition) is 3. The van der Waals surface area contributed by atoms with E-state index >= 15 is 0 Å². The molecule has 0 aliphatic heterocycles. The zero-order chi connectivity index (χ0) is 32.7. The summed E-state index contributed by atoms with van der Waals surface area (Å²) in [6.07, 6.45) is 13.4. The number of fused-ring (bicyclic) bond motifs is 7. The number of amides is 2. The highest BCUT2D eigenvalue weighted by atomic mass is 32.1. The second-order valence-electron chi connectivity index (χ2n) is 16.4. The molecule has 1 aromatic carbocycles. The number of nitrogens with zero attached hydrogens (tertiary/aromatic N) is 2. The van der Waals surface area contributed by atoms with E-state index in [2.05, 4.69) is 61.5 Å². The minimum Gasteiger partial charge on any atom is -0.478 e. The molecule has 1 aromatic heterocycles. The molecule has 5 aliphatic rings. The quantitative estimate of drug-likeness (QED) is 0.295. The molecule has 0 spiro atoms. The van der Waals surface area contributed by atoms with Crippen LogP contribution in [0.15, 0.2) is 35.9 Å². The first-order valence-electron chi connectivity index (χ1n) is 17.2. The Kier molecular flexibility index (Phi) is 7.35. The molecule has 4 fully saturated rings. The van der Waals surface area contributed by atoms with Gasteiger partial charge in [-0.15, -0.1) is 10.2 Å². The maximum atomic E-state index is 13.2. The molecule has 3 N–H and O–H groups in total. The fraction of sp³-hybridized carbons (Fsp3) is 0.649. The Morgan fingerprint density at radius 2 is 1.61 bits per heavy atom. The van der Waals surface area contributed by atoms with Gasteiger partial charge in [0.1, 0.15) is 5.51 Å². The Balaban J connectivity index is 1.14. The molecule has 0 bridgehead atoms. The van der Waals surface area contributed by atoms with Gasteiger partial charge in [-0.05, 0) is 126 Å². The summed E-state index contributed by atoms with van der Waals surface area (Å²) >= 11 is 1.21. The van der Waals surface area contributed by atoms with E-state index in [1.54, 1.807) is 12.1 Å². The molecule has 9 heteroatoms. The van der Waals surface area contributed by atoms with Crippen molar-refractivity contribution in [2.24, 2.45) is 45.3 Å². The van der Waals surface area contributed by atoms with E-state index in [-0.39, 0.29) is 27.2 Å². The minimum absolute atomic E-state index is 0.0243. The van der Waals surface area contributed by atoms with Crippen molar-refractivity contribution in [2.75, 3.05) is 5.32 Å². The van der Waals surface area contributed by atoms with Gasteiger partial charge in [0.25, 0.3) is 0 Å². The van der Waals surface area contributed by atoms with E-state index in [0.29, 0.717) is 34.4 Å². The van der Waals surface area contributed by atoms with E-state index in [0.717, 1.165) is 44.1 Å². The Bertz CT molecular complexity index is 1590. The number of carbonyl (C=O) groups excluding carboxylic acids is 2. The molecule has 46 heavy (non-hydrogen) atoms. The van der Waals surface area contributed by atoms with Crippen molar-refractivity contribution < 1.29 is 19.5 Å². The molecule has 5 aliphatic carbocycles. The van der Waals surface area contributed by atoms with Crippen LogP contribution in [0.3, 0.4) is 0 Å². The van der Waals surface area contributed by atoms with E-state index in [1.165, 1.54) is 48.1 Å². The summed E-state index contributed by atoms with van der Waals surface area (Å²) in [5.74, 6) is -0.0462. The van der Waals surface area contributed by atoms with Crippen molar-refractivity contribution in [3.8, 4) is 0 Å². The number of carboxylic acids is 1. The summed E-state index contributed by atoms with van der Waals surface area (Å²) in [6, 6.07) is 7.46. The summed E-state index contributed by atoms with van der Waals surface area (Å²) in [5, 5.41) is 23.3. The third kappa shape index (κ3) is 4.46. The molecule has 7 rings (SSSR count). The number of aromatic carboxylic acids is 1. The van der Waals surface area contributed by atoms with E-state index < -0.39 is 17.8 Å². The molecule has 246 valence electrons. The summed E-state index contributed by atoms with van der Waals surface area (Å²) in [5.41, 5.74) is 4.57. The maximum Gasteiger partial charge on any atom is 0.335 e. The van der Waals surface area contributed by atoms with Crippen LogP contribution in [0.1, 0.15) is 115 Å². The lowest BCUT2D eigenvalue weighted by molar-refractivity contribution is -0.216. The first-order chi connectivity index (χ1) is 21.8. The zero-order valence-corrected chi connectivity index (χ0v) is 28.6. The van der Waals surface area contributed by atoms with E-state index in [9.17, 15) is 19.5 Å². The van der Waals surface area contributed by atoms with Gasteiger partial charge in [0, 0.05) is 5.54 Å². The van der Waals surface area contributed by atoms with Crippen molar-refractivity contribution in [3.05, 3.63) is 47.0 Å². The number of anilines is 1. The number of benzene rings is 1. The third-order valence-corrected chi connectivity index (χ3v) is 15.1. The highest BCUT2D eigenvalue weighted by Gasteiger charge is 2.69. The number of carbonyl (C=O) groups is 3. The van der Waals surface area contributed by atoms with Crippen molar-refractivity contribution in [2.45, 2.75) is 104 Å². The third-order valence-electron chi connectivity index (χ3n) is 14.5. The topological polar surface area (TPSA) is 121 Å². The van der Waals surface area contributed by atoms with Crippen molar-refractivity contribution in [1.29, 1.82) is 0 Å². The van der Waals surface area contributed by atoms with Crippen LogP contribution >= 0.6 is 11.3 Å². The van der Waals surface area contributed by atoms with Crippen molar-refractivity contribution in [1.82, 2.24) is 15.5 Å². The van der Waals surface area contributed by atoms with Crippen LogP contribution in [0.25, 0.3) is 5.57 Å². The molecule has 1 heterocycles. The van der Waals surface area contributed by atoms with Crippen molar-refractivity contribution >= 4 is 39.8 Å². The van der Waals surface area contributed by atoms with E-state index in [1.807, 2.05) is 12.1 Å². The van der Waals surface area contributed by atoms with Gasteiger partial charge < -0.3 is 10.4 Å². The summed E-state index contributed by atoms with van der Waals surface area (Å²) in [4.78, 5) is 37.6. The normalized spacial score (nSPS) is 39.1. The number of rotatable bonds is 4. The van der Waals surface area contributed by atoms with Gasteiger partial charge in [-0.25, -0.2) is 4.79 Å². The van der Waals surface area contributed by atoms with Crippen LogP contribution in [0.4, 0.5) is 5.13 Å². The van der Waals surface area contributed by atoms with Gasteiger partial charge >= 0.3 is 17.8 Å². The molecular formula is C37H48N4O4S. The van der Waals surface area contributed by atoms with Gasteiger partial charge in [-0.1, -0.05) is 70.6 Å². The molecule has 2 amide bonds. The molecule has 8 nitrogen and oxygen atoms in total. The molecular weight excluding hydrogens is 596 g/mol. The first kappa shape index (κ1) is 31.5. The van der Waals surface area contributed by atoms with Crippen LogP contribution in [0.2, 0.25) is 0 Å². The highest BCUT2D eigenvalue weighted by molar-refractivity contribution is 7.13. The average Bonchev–Trinajstić information content (AvgIpc) is 3.67. The van der Waals surface area contributed by atoms with Gasteiger partial charge in [-0.2, -0.15) is 0 Å². The monoisotopic (exact) mass is 644 g/mol. The summed E-state index contributed by atoms with van der Waals surface area (Å²) in [7, 11) is 0. The first-order valence-corrected chi connectivity index (χ1v) is 18.1. The maximum absolute atomic E-state index is 13.2. The number of carboxylic acid groups (broad SMARTS) is 1. The van der Waals surface area contributed by atoms with Crippen molar-refractivity contribution in [3.63, 3.8) is 0 Å². The summed E-state index contributed by atoms with van der Waals surface area (Å²) < 4.78 is 0. The van der Waals surface area contributed by atoms with Crippen LogP contribution in [0, 0.1) is 45.3 Å². The summed E-state index contributed by atoms with van der Waals surface area (Å²) in [6.45, 7) is 12.6. The second-order valence-corrected chi connectivity index (χ2v) is 17.2. The highest BCUT2D eigenvalue weighted by Crippen LogP contribution is 2.76. The van der Waals surface area contributed by atoms with Crippen LogP contribution in [-0.2, 0) is 9.59 Å². The number of allylic oxidation sites excluding steroid dienone is 2. The SMILES string of the molecule is CC1(C)C(c2ccc(C(=O)O)cc2)=CCC2(C)C1CCC1(C)C2CCC2C3CCCC3(NC(=O)C(=O)Nc3nncs3)CC[C@]21C. The molecule has 0 saturated heterocycles. The standard InChI is InChI=1S/C37H48N4O4S/c1-33(2)24(22-8-10-23(11-9-22)31(44)45)14-17-34(3)27(33)15-18-36(5)28(34)13-12-25-26-7-6-16-37(26,20-19-35(25,36)4)40-30(43)29(42)39-32-41-38-21-46-32/h8-11,14,21,25-28H,6-7,12-13,15-20H2,1-5H3,(H,40,43)(H,44,45)(H,39,41,42)/t25?,26?,27?,28?,34?,35-,36?,37?/m1/s1. The number of hydrogen-bond acceptors (Lipinski definition) is 6. The predicted molar refractivity (Wildman–Crippen MR) is 179 cm³/mol. The Morgan fingerprint density at radius 3 is 2.30 bits per heavy atom. The lowest BCUT2D eigenvalue weighted by Gasteiger charge is -2.72. The van der Waals surface area contributed by atoms with Gasteiger partial charge in [0.2, 0.25) is 5.13 Å².